The number of ketones is 1. The third-order valence-electron chi connectivity index (χ3n) is 4.85. The normalized spacial score (nSPS) is 20.9. The number of carbonyl (C=O) groups excluding carboxylic acids is 2. The lowest BCUT2D eigenvalue weighted by molar-refractivity contribution is -0.134. The Morgan fingerprint density at radius 1 is 1.30 bits per heavy atom. The molecular weight excluding hydrogens is 314 g/mol. The molecule has 1 unspecified atom stereocenters. The van der Waals surface area contributed by atoms with Crippen molar-refractivity contribution >= 4 is 23.3 Å². The van der Waals surface area contributed by atoms with Gasteiger partial charge in [0.2, 0.25) is 5.91 Å². The lowest BCUT2D eigenvalue weighted by Crippen LogP contribution is -2.53. The SMILES string of the molecule is Cc1cc(C)c2c(c1)C(=O)CC1(CCN(C(=O)C(C)Cl)CC1)O2. The van der Waals surface area contributed by atoms with Gasteiger partial charge in [-0.3, -0.25) is 9.59 Å². The first-order valence-corrected chi connectivity index (χ1v) is 8.51. The van der Waals surface area contributed by atoms with Gasteiger partial charge in [-0.05, 0) is 38.0 Å². The number of halogens is 1. The van der Waals surface area contributed by atoms with E-state index in [1.165, 1.54) is 0 Å². The first kappa shape index (κ1) is 16.3. The first-order chi connectivity index (χ1) is 10.8. The molecule has 1 aromatic rings. The number of benzene rings is 1. The van der Waals surface area contributed by atoms with Crippen molar-refractivity contribution in [3.05, 3.63) is 28.8 Å². The van der Waals surface area contributed by atoms with Crippen LogP contribution in [0.3, 0.4) is 0 Å². The van der Waals surface area contributed by atoms with Gasteiger partial charge in [0.05, 0.1) is 12.0 Å². The zero-order valence-corrected chi connectivity index (χ0v) is 14.6. The summed E-state index contributed by atoms with van der Waals surface area (Å²) in [6, 6.07) is 3.95. The summed E-state index contributed by atoms with van der Waals surface area (Å²) in [6.45, 7) is 6.83. The molecule has 2 aliphatic heterocycles. The van der Waals surface area contributed by atoms with E-state index in [0.29, 0.717) is 37.9 Å². The number of carbonyl (C=O) groups is 2. The Morgan fingerprint density at radius 3 is 2.57 bits per heavy atom. The molecule has 0 saturated carbocycles. The highest BCUT2D eigenvalue weighted by Gasteiger charge is 2.44. The summed E-state index contributed by atoms with van der Waals surface area (Å²) in [4.78, 5) is 26.4. The summed E-state index contributed by atoms with van der Waals surface area (Å²) in [5.41, 5.74) is 2.29. The average molecular weight is 336 g/mol. The van der Waals surface area contributed by atoms with E-state index in [1.807, 2.05) is 26.0 Å². The molecule has 0 bridgehead atoms. The van der Waals surface area contributed by atoms with Crippen LogP contribution >= 0.6 is 11.6 Å². The molecule has 2 heterocycles. The van der Waals surface area contributed by atoms with Crippen LogP contribution < -0.4 is 4.74 Å². The minimum atomic E-state index is -0.510. The number of piperidine rings is 1. The molecule has 3 rings (SSSR count). The molecule has 1 spiro atoms. The predicted octanol–water partition coefficient (Wildman–Crippen LogP) is 3.26. The van der Waals surface area contributed by atoms with E-state index in [1.54, 1.807) is 11.8 Å². The number of nitrogens with zero attached hydrogens (tertiary/aromatic N) is 1. The molecule has 0 radical (unpaired) electrons. The zero-order chi connectivity index (χ0) is 16.8. The number of amides is 1. The van der Waals surface area contributed by atoms with E-state index in [2.05, 4.69) is 0 Å². The van der Waals surface area contributed by atoms with Crippen LogP contribution in [0.25, 0.3) is 0 Å². The molecule has 2 aliphatic rings. The maximum Gasteiger partial charge on any atom is 0.240 e. The molecular formula is C18H22ClNO3. The van der Waals surface area contributed by atoms with Crippen LogP contribution in [0, 0.1) is 13.8 Å². The van der Waals surface area contributed by atoms with E-state index >= 15 is 0 Å². The maximum absolute atomic E-state index is 12.6. The first-order valence-electron chi connectivity index (χ1n) is 8.08. The van der Waals surface area contributed by atoms with Gasteiger partial charge in [-0.2, -0.15) is 0 Å². The van der Waals surface area contributed by atoms with Gasteiger partial charge in [-0.25, -0.2) is 0 Å². The zero-order valence-electron chi connectivity index (χ0n) is 13.8. The quantitative estimate of drug-likeness (QED) is 0.740. The Labute approximate surface area is 141 Å². The maximum atomic E-state index is 12.6. The molecule has 1 aromatic carbocycles. The topological polar surface area (TPSA) is 46.6 Å². The largest absolute Gasteiger partial charge is 0.486 e. The Hall–Kier alpha value is -1.55. The van der Waals surface area contributed by atoms with Crippen LogP contribution in [0.2, 0.25) is 0 Å². The van der Waals surface area contributed by atoms with Gasteiger partial charge < -0.3 is 9.64 Å². The minimum Gasteiger partial charge on any atom is -0.486 e. The molecule has 1 saturated heterocycles. The summed E-state index contributed by atoms with van der Waals surface area (Å²) in [5, 5.41) is -0.510. The molecule has 0 aromatic heterocycles. The van der Waals surface area contributed by atoms with Crippen molar-refractivity contribution in [3.8, 4) is 5.75 Å². The lowest BCUT2D eigenvalue weighted by Gasteiger charge is -2.44. The average Bonchev–Trinajstić information content (AvgIpc) is 2.49. The van der Waals surface area contributed by atoms with E-state index in [0.717, 1.165) is 16.9 Å². The van der Waals surface area contributed by atoms with Crippen LogP contribution in [-0.2, 0) is 4.79 Å². The third kappa shape index (κ3) is 2.97. The van der Waals surface area contributed by atoms with Crippen molar-refractivity contribution in [1.29, 1.82) is 0 Å². The van der Waals surface area contributed by atoms with Crippen molar-refractivity contribution in [2.45, 2.75) is 51.0 Å². The number of alkyl halides is 1. The van der Waals surface area contributed by atoms with Crippen LogP contribution in [0.15, 0.2) is 12.1 Å². The summed E-state index contributed by atoms with van der Waals surface area (Å²) in [5.74, 6) is 0.816. The monoisotopic (exact) mass is 335 g/mol. The van der Waals surface area contributed by atoms with E-state index in [9.17, 15) is 9.59 Å². The summed E-state index contributed by atoms with van der Waals surface area (Å²) in [7, 11) is 0. The van der Waals surface area contributed by atoms with Gasteiger partial charge in [0.25, 0.3) is 0 Å². The second-order valence-electron chi connectivity index (χ2n) is 6.78. The van der Waals surface area contributed by atoms with Gasteiger partial charge in [0.1, 0.15) is 16.7 Å². The fraction of sp³-hybridized carbons (Fsp3) is 0.556. The van der Waals surface area contributed by atoms with Crippen molar-refractivity contribution < 1.29 is 14.3 Å². The van der Waals surface area contributed by atoms with Gasteiger partial charge in [-0.1, -0.05) is 6.07 Å². The molecule has 4 nitrogen and oxygen atoms in total. The number of likely N-dealkylation sites (tertiary alicyclic amines) is 1. The number of hydrogen-bond donors (Lipinski definition) is 0. The highest BCUT2D eigenvalue weighted by atomic mass is 35.5. The molecule has 5 heteroatoms. The van der Waals surface area contributed by atoms with Crippen molar-refractivity contribution in [3.63, 3.8) is 0 Å². The number of hydrogen-bond acceptors (Lipinski definition) is 3. The number of aryl methyl sites for hydroxylation is 2. The molecule has 1 fully saturated rings. The second-order valence-corrected chi connectivity index (χ2v) is 7.44. The number of Topliss-reactive ketones (excluding diaryl/α,β-unsaturated/α-hetero) is 1. The Morgan fingerprint density at radius 2 is 1.96 bits per heavy atom. The van der Waals surface area contributed by atoms with Crippen LogP contribution in [0.1, 0.15) is 47.7 Å². The van der Waals surface area contributed by atoms with Gasteiger partial charge in [0.15, 0.2) is 5.78 Å². The highest BCUT2D eigenvalue weighted by Crippen LogP contribution is 2.41. The van der Waals surface area contributed by atoms with Crippen LogP contribution in [-0.4, -0.2) is 40.7 Å². The van der Waals surface area contributed by atoms with Gasteiger partial charge in [-0.15, -0.1) is 11.6 Å². The fourth-order valence-electron chi connectivity index (χ4n) is 3.60. The van der Waals surface area contributed by atoms with Crippen molar-refractivity contribution in [2.24, 2.45) is 0 Å². The summed E-state index contributed by atoms with van der Waals surface area (Å²) >= 11 is 5.89. The summed E-state index contributed by atoms with van der Waals surface area (Å²) < 4.78 is 6.31. The van der Waals surface area contributed by atoms with E-state index in [-0.39, 0.29) is 11.7 Å². The fourth-order valence-corrected chi connectivity index (χ4v) is 3.74. The standard InChI is InChI=1S/C18H22ClNO3/c1-11-8-12(2)16-14(9-11)15(21)10-18(23-16)4-6-20(7-5-18)17(22)13(3)19/h8-9,13H,4-7,10H2,1-3H3. The number of fused-ring (bicyclic) bond motifs is 1. The summed E-state index contributed by atoms with van der Waals surface area (Å²) in [6.07, 6.45) is 1.73. The van der Waals surface area contributed by atoms with Crippen LogP contribution in [0.4, 0.5) is 0 Å². The Kier molecular flexibility index (Phi) is 4.13. The van der Waals surface area contributed by atoms with Crippen LogP contribution in [0.5, 0.6) is 5.75 Å². The third-order valence-corrected chi connectivity index (χ3v) is 5.03. The predicted molar refractivity (Wildman–Crippen MR) is 89.4 cm³/mol. The molecule has 0 N–H and O–H groups in total. The minimum absolute atomic E-state index is 0.0455. The van der Waals surface area contributed by atoms with Gasteiger partial charge >= 0.3 is 0 Å². The number of ether oxygens (including phenoxy) is 1. The van der Waals surface area contributed by atoms with E-state index < -0.39 is 11.0 Å². The molecule has 124 valence electrons. The molecule has 23 heavy (non-hydrogen) atoms. The highest BCUT2D eigenvalue weighted by molar-refractivity contribution is 6.30. The Bertz CT molecular complexity index is 660. The molecule has 1 amide bonds. The van der Waals surface area contributed by atoms with E-state index in [4.69, 9.17) is 16.3 Å². The molecule has 0 aliphatic carbocycles. The number of rotatable bonds is 1. The van der Waals surface area contributed by atoms with Crippen molar-refractivity contribution in [2.75, 3.05) is 13.1 Å². The Balaban J connectivity index is 1.81. The smallest absolute Gasteiger partial charge is 0.240 e. The second kappa shape index (κ2) is 5.82. The lowest BCUT2D eigenvalue weighted by atomic mass is 9.81. The van der Waals surface area contributed by atoms with Crippen molar-refractivity contribution in [1.82, 2.24) is 4.90 Å². The van der Waals surface area contributed by atoms with Gasteiger partial charge in [0, 0.05) is 25.9 Å². The molecule has 1 atom stereocenters.